The standard InChI is InChI=1S/C40H24N4OS/c1-4-10-25(11-5-1)37-42-38(26-12-6-2-7-13-26)44-39(43-37)30-17-20-32-31-19-16-29(23-34(31)45-35(32)24-30)28-18-21-36-33(22-28)41-40(46-36)27-14-8-3-9-15-27/h1-24H. The molecule has 0 aliphatic carbocycles. The average Bonchev–Trinajstić information content (AvgIpc) is 3.73. The molecule has 9 rings (SSSR count). The van der Waals surface area contributed by atoms with Crippen LogP contribution >= 0.6 is 11.3 Å². The van der Waals surface area contributed by atoms with Crippen molar-refractivity contribution in [2.24, 2.45) is 0 Å². The number of rotatable bonds is 5. The Labute approximate surface area is 268 Å². The molecule has 3 aromatic heterocycles. The van der Waals surface area contributed by atoms with Crippen molar-refractivity contribution in [2.75, 3.05) is 0 Å². The molecule has 0 aliphatic rings. The van der Waals surface area contributed by atoms with Crippen LogP contribution in [-0.2, 0) is 0 Å². The predicted molar refractivity (Wildman–Crippen MR) is 187 cm³/mol. The zero-order chi connectivity index (χ0) is 30.5. The van der Waals surface area contributed by atoms with Crippen molar-refractivity contribution in [3.63, 3.8) is 0 Å². The van der Waals surface area contributed by atoms with E-state index in [0.717, 1.165) is 65.8 Å². The lowest BCUT2D eigenvalue weighted by atomic mass is 10.0. The first kappa shape index (κ1) is 26.4. The number of hydrogen-bond acceptors (Lipinski definition) is 6. The fourth-order valence-corrected chi connectivity index (χ4v) is 6.80. The van der Waals surface area contributed by atoms with Crippen LogP contribution in [-0.4, -0.2) is 19.9 Å². The predicted octanol–water partition coefficient (Wildman–Crippen LogP) is 10.7. The second kappa shape index (κ2) is 10.9. The molecule has 0 atom stereocenters. The topological polar surface area (TPSA) is 64.7 Å². The van der Waals surface area contributed by atoms with E-state index in [1.807, 2.05) is 84.9 Å². The van der Waals surface area contributed by atoms with E-state index in [4.69, 9.17) is 24.4 Å². The molecule has 5 nitrogen and oxygen atoms in total. The molecule has 0 amide bonds. The maximum absolute atomic E-state index is 6.47. The second-order valence-electron chi connectivity index (χ2n) is 11.1. The van der Waals surface area contributed by atoms with Gasteiger partial charge in [-0.1, -0.05) is 109 Å². The van der Waals surface area contributed by atoms with E-state index in [1.54, 1.807) is 11.3 Å². The molecule has 9 aromatic rings. The van der Waals surface area contributed by atoms with Crippen LogP contribution in [0.15, 0.2) is 150 Å². The zero-order valence-electron chi connectivity index (χ0n) is 24.5. The average molecular weight is 609 g/mol. The van der Waals surface area contributed by atoms with Crippen LogP contribution in [0.3, 0.4) is 0 Å². The molecule has 0 fully saturated rings. The Morgan fingerprint density at radius 1 is 0.391 bits per heavy atom. The van der Waals surface area contributed by atoms with Gasteiger partial charge in [-0.3, -0.25) is 0 Å². The van der Waals surface area contributed by atoms with E-state index in [1.165, 1.54) is 4.70 Å². The molecule has 3 heterocycles. The fraction of sp³-hybridized carbons (Fsp3) is 0. The first-order valence-electron chi connectivity index (χ1n) is 15.1. The minimum Gasteiger partial charge on any atom is -0.456 e. The lowest BCUT2D eigenvalue weighted by molar-refractivity contribution is 0.669. The zero-order valence-corrected chi connectivity index (χ0v) is 25.3. The fourth-order valence-electron chi connectivity index (χ4n) is 5.84. The van der Waals surface area contributed by atoms with Gasteiger partial charge in [0, 0.05) is 33.0 Å². The summed E-state index contributed by atoms with van der Waals surface area (Å²) in [6.45, 7) is 0. The van der Waals surface area contributed by atoms with Gasteiger partial charge >= 0.3 is 0 Å². The molecular formula is C40H24N4OS. The normalized spacial score (nSPS) is 11.5. The summed E-state index contributed by atoms with van der Waals surface area (Å²) >= 11 is 1.71. The Balaban J connectivity index is 1.11. The van der Waals surface area contributed by atoms with Crippen LogP contribution in [0.2, 0.25) is 0 Å². The van der Waals surface area contributed by atoms with Gasteiger partial charge in [-0.2, -0.15) is 0 Å². The third-order valence-corrected chi connectivity index (χ3v) is 9.26. The summed E-state index contributed by atoms with van der Waals surface area (Å²) in [4.78, 5) is 19.5. The number of furan rings is 1. The Morgan fingerprint density at radius 3 is 1.48 bits per heavy atom. The van der Waals surface area contributed by atoms with Gasteiger partial charge in [-0.25, -0.2) is 19.9 Å². The Hall–Kier alpha value is -5.98. The smallest absolute Gasteiger partial charge is 0.164 e. The quantitative estimate of drug-likeness (QED) is 0.194. The largest absolute Gasteiger partial charge is 0.456 e. The van der Waals surface area contributed by atoms with Gasteiger partial charge in [0.1, 0.15) is 16.2 Å². The van der Waals surface area contributed by atoms with E-state index < -0.39 is 0 Å². The minimum atomic E-state index is 0.599. The van der Waals surface area contributed by atoms with Gasteiger partial charge in [0.05, 0.1) is 10.2 Å². The summed E-state index contributed by atoms with van der Waals surface area (Å²) in [5, 5.41) is 3.15. The molecule has 0 N–H and O–H groups in total. The van der Waals surface area contributed by atoms with E-state index in [-0.39, 0.29) is 0 Å². The molecular weight excluding hydrogens is 585 g/mol. The highest BCUT2D eigenvalue weighted by Gasteiger charge is 2.15. The van der Waals surface area contributed by atoms with E-state index in [9.17, 15) is 0 Å². The number of aromatic nitrogens is 4. The third-order valence-electron chi connectivity index (χ3n) is 8.17. The van der Waals surface area contributed by atoms with E-state index >= 15 is 0 Å². The van der Waals surface area contributed by atoms with Crippen molar-refractivity contribution in [1.82, 2.24) is 19.9 Å². The van der Waals surface area contributed by atoms with Gasteiger partial charge in [0.25, 0.3) is 0 Å². The molecule has 0 spiro atoms. The first-order valence-corrected chi connectivity index (χ1v) is 15.9. The van der Waals surface area contributed by atoms with Gasteiger partial charge < -0.3 is 4.42 Å². The van der Waals surface area contributed by atoms with Crippen molar-refractivity contribution in [2.45, 2.75) is 0 Å². The number of hydrogen-bond donors (Lipinski definition) is 0. The van der Waals surface area contributed by atoms with Crippen molar-refractivity contribution < 1.29 is 4.42 Å². The number of nitrogens with zero attached hydrogens (tertiary/aromatic N) is 4. The first-order chi connectivity index (χ1) is 22.7. The maximum atomic E-state index is 6.47. The molecule has 0 bridgehead atoms. The molecule has 6 heteroatoms. The van der Waals surface area contributed by atoms with Crippen LogP contribution in [0.5, 0.6) is 0 Å². The molecule has 0 aliphatic heterocycles. The van der Waals surface area contributed by atoms with Crippen LogP contribution in [0.4, 0.5) is 0 Å². The molecule has 216 valence electrons. The summed E-state index contributed by atoms with van der Waals surface area (Å²) in [5.41, 5.74) is 8.68. The molecule has 0 unspecified atom stereocenters. The van der Waals surface area contributed by atoms with Crippen molar-refractivity contribution >= 4 is 43.5 Å². The summed E-state index contributed by atoms with van der Waals surface area (Å²) in [6.07, 6.45) is 0. The van der Waals surface area contributed by atoms with Gasteiger partial charge in [-0.15, -0.1) is 11.3 Å². The van der Waals surface area contributed by atoms with Crippen molar-refractivity contribution in [3.05, 3.63) is 146 Å². The summed E-state index contributed by atoms with van der Waals surface area (Å²) in [5.74, 6) is 1.86. The number of thiazole rings is 1. The van der Waals surface area contributed by atoms with Gasteiger partial charge in [0.2, 0.25) is 0 Å². The summed E-state index contributed by atoms with van der Waals surface area (Å²) in [7, 11) is 0. The van der Waals surface area contributed by atoms with Crippen molar-refractivity contribution in [1.29, 1.82) is 0 Å². The summed E-state index contributed by atoms with van der Waals surface area (Å²) < 4.78 is 7.64. The minimum absolute atomic E-state index is 0.599. The van der Waals surface area contributed by atoms with Gasteiger partial charge in [-0.05, 0) is 47.5 Å². The molecule has 46 heavy (non-hydrogen) atoms. The van der Waals surface area contributed by atoms with Crippen LogP contribution < -0.4 is 0 Å². The van der Waals surface area contributed by atoms with Crippen LogP contribution in [0.25, 0.3) is 88.0 Å². The molecule has 0 radical (unpaired) electrons. The Morgan fingerprint density at radius 2 is 0.870 bits per heavy atom. The highest BCUT2D eigenvalue weighted by atomic mass is 32.1. The van der Waals surface area contributed by atoms with Crippen molar-refractivity contribution in [3.8, 4) is 55.9 Å². The Bertz CT molecular complexity index is 2470. The van der Waals surface area contributed by atoms with Crippen LogP contribution in [0.1, 0.15) is 0 Å². The molecule has 6 aromatic carbocycles. The molecule has 0 saturated heterocycles. The SMILES string of the molecule is c1ccc(-c2nc(-c3ccccc3)nc(-c3ccc4c(c3)oc3cc(-c5ccc6sc(-c7ccccc7)nc6c5)ccc34)n2)cc1. The van der Waals surface area contributed by atoms with E-state index in [0.29, 0.717) is 17.5 Å². The lowest BCUT2D eigenvalue weighted by Gasteiger charge is -2.08. The summed E-state index contributed by atoms with van der Waals surface area (Å²) in [6, 6.07) is 49.4. The highest BCUT2D eigenvalue weighted by molar-refractivity contribution is 7.21. The third kappa shape index (κ3) is 4.72. The highest BCUT2D eigenvalue weighted by Crippen LogP contribution is 2.37. The lowest BCUT2D eigenvalue weighted by Crippen LogP contribution is -2.00. The number of benzene rings is 6. The van der Waals surface area contributed by atoms with E-state index in [2.05, 4.69) is 60.7 Å². The Kier molecular flexibility index (Phi) is 6.25. The number of fused-ring (bicyclic) bond motifs is 4. The van der Waals surface area contributed by atoms with Crippen LogP contribution in [0, 0.1) is 0 Å². The molecule has 0 saturated carbocycles. The monoisotopic (exact) mass is 608 g/mol. The maximum Gasteiger partial charge on any atom is 0.164 e. The van der Waals surface area contributed by atoms with Gasteiger partial charge in [0.15, 0.2) is 17.5 Å². The second-order valence-corrected chi connectivity index (χ2v) is 12.2.